The molecule has 0 radical (unpaired) electrons. The third-order valence-electron chi connectivity index (χ3n) is 3.54. The fourth-order valence-corrected chi connectivity index (χ4v) is 3.80. The van der Waals surface area contributed by atoms with E-state index in [1.54, 1.807) is 23.6 Å². The molecule has 0 aliphatic carbocycles. The van der Waals surface area contributed by atoms with E-state index in [4.69, 9.17) is 4.74 Å². The number of carbonyl (C=O) groups excluding carboxylic acids is 2. The topological polar surface area (TPSA) is 58.6 Å². The third kappa shape index (κ3) is 3.63. The van der Waals surface area contributed by atoms with Gasteiger partial charge in [-0.3, -0.25) is 4.79 Å². The number of hydrogen-bond donors (Lipinski definition) is 1. The van der Waals surface area contributed by atoms with Gasteiger partial charge in [-0.15, -0.1) is 11.8 Å². The van der Waals surface area contributed by atoms with E-state index < -0.39 is 6.04 Å². The van der Waals surface area contributed by atoms with Gasteiger partial charge in [-0.25, -0.2) is 4.79 Å². The predicted octanol–water partition coefficient (Wildman–Crippen LogP) is 0.636. The molecule has 2 aliphatic rings. The number of esters is 1. The average Bonchev–Trinajstić information content (AvgIpc) is 2.47. The van der Waals surface area contributed by atoms with Crippen molar-refractivity contribution in [1.29, 1.82) is 0 Å². The van der Waals surface area contributed by atoms with Crippen molar-refractivity contribution in [3.05, 3.63) is 0 Å². The first-order chi connectivity index (χ1) is 9.24. The largest absolute Gasteiger partial charge is 0.464 e. The summed E-state index contributed by atoms with van der Waals surface area (Å²) in [5.41, 5.74) is 0. The number of carbonyl (C=O) groups is 2. The molecule has 0 spiro atoms. The van der Waals surface area contributed by atoms with Crippen molar-refractivity contribution >= 4 is 23.6 Å². The van der Waals surface area contributed by atoms with Crippen LogP contribution in [0.4, 0.5) is 0 Å². The summed E-state index contributed by atoms with van der Waals surface area (Å²) in [6.45, 7) is 3.99. The highest BCUT2D eigenvalue weighted by molar-refractivity contribution is 8.00. The fourth-order valence-electron chi connectivity index (χ4n) is 2.54. The van der Waals surface area contributed by atoms with Gasteiger partial charge in [-0.2, -0.15) is 0 Å². The van der Waals surface area contributed by atoms with Gasteiger partial charge in [0, 0.05) is 19.6 Å². The molecular formula is C13H22N2O3S. The van der Waals surface area contributed by atoms with Crippen molar-refractivity contribution in [3.63, 3.8) is 0 Å². The van der Waals surface area contributed by atoms with Crippen molar-refractivity contribution in [2.24, 2.45) is 0 Å². The number of hydrogen-bond acceptors (Lipinski definition) is 5. The second-order valence-electron chi connectivity index (χ2n) is 4.86. The minimum atomic E-state index is -0.455. The molecule has 6 heteroatoms. The Bertz CT molecular complexity index is 332. The average molecular weight is 286 g/mol. The molecule has 2 aliphatic heterocycles. The summed E-state index contributed by atoms with van der Waals surface area (Å²) in [5, 5.41) is 3.19. The van der Waals surface area contributed by atoms with Crippen molar-refractivity contribution in [1.82, 2.24) is 10.2 Å². The predicted molar refractivity (Wildman–Crippen MR) is 75.1 cm³/mol. The van der Waals surface area contributed by atoms with Crippen LogP contribution in [0.1, 0.15) is 26.2 Å². The van der Waals surface area contributed by atoms with E-state index in [1.165, 1.54) is 6.42 Å². The Morgan fingerprint density at radius 2 is 2.26 bits per heavy atom. The summed E-state index contributed by atoms with van der Waals surface area (Å²) < 4.78 is 5.07. The minimum Gasteiger partial charge on any atom is -0.464 e. The molecule has 19 heavy (non-hydrogen) atoms. The molecule has 2 saturated heterocycles. The number of piperazine rings is 1. The smallest absolute Gasteiger partial charge is 0.330 e. The number of rotatable bonds is 3. The van der Waals surface area contributed by atoms with Crippen LogP contribution in [0, 0.1) is 0 Å². The third-order valence-corrected chi connectivity index (χ3v) is 4.90. The Morgan fingerprint density at radius 1 is 1.42 bits per heavy atom. The summed E-state index contributed by atoms with van der Waals surface area (Å²) in [7, 11) is 0. The lowest BCUT2D eigenvalue weighted by molar-refractivity contribution is -0.155. The number of nitrogens with zero attached hydrogens (tertiary/aromatic N) is 1. The van der Waals surface area contributed by atoms with Gasteiger partial charge in [0.05, 0.1) is 11.9 Å². The summed E-state index contributed by atoms with van der Waals surface area (Å²) in [6.07, 6.45) is 3.24. The van der Waals surface area contributed by atoms with Gasteiger partial charge in [0.2, 0.25) is 5.91 Å². The van der Waals surface area contributed by atoms with E-state index in [9.17, 15) is 9.59 Å². The molecule has 0 aromatic heterocycles. The number of amides is 1. The normalized spacial score (nSPS) is 27.9. The molecular weight excluding hydrogens is 264 g/mol. The Labute approximate surface area is 118 Å². The minimum absolute atomic E-state index is 0.0313. The van der Waals surface area contributed by atoms with E-state index in [-0.39, 0.29) is 17.1 Å². The monoisotopic (exact) mass is 286 g/mol. The summed E-state index contributed by atoms with van der Waals surface area (Å²) in [6, 6.07) is -0.455. The van der Waals surface area contributed by atoms with Crippen molar-refractivity contribution in [2.45, 2.75) is 37.5 Å². The molecule has 2 rings (SSSR count). The molecule has 0 aromatic carbocycles. The van der Waals surface area contributed by atoms with Crippen LogP contribution in [0.15, 0.2) is 0 Å². The first kappa shape index (κ1) is 14.7. The zero-order valence-electron chi connectivity index (χ0n) is 11.4. The van der Waals surface area contributed by atoms with Gasteiger partial charge >= 0.3 is 5.97 Å². The number of thioether (sulfide) groups is 1. The van der Waals surface area contributed by atoms with Crippen LogP contribution in [0.5, 0.6) is 0 Å². The molecule has 108 valence electrons. The van der Waals surface area contributed by atoms with Crippen LogP contribution in [-0.4, -0.2) is 60.1 Å². The molecule has 0 saturated carbocycles. The van der Waals surface area contributed by atoms with Gasteiger partial charge in [-0.05, 0) is 25.5 Å². The van der Waals surface area contributed by atoms with Crippen molar-refractivity contribution < 1.29 is 14.3 Å². The number of nitrogens with one attached hydrogen (secondary N) is 1. The molecule has 1 amide bonds. The number of ether oxygens (including phenoxy) is 1. The summed E-state index contributed by atoms with van der Waals surface area (Å²) in [4.78, 5) is 26.2. The van der Waals surface area contributed by atoms with Crippen LogP contribution in [0.25, 0.3) is 0 Å². The second kappa shape index (κ2) is 7.14. The van der Waals surface area contributed by atoms with Crippen LogP contribution in [0.2, 0.25) is 0 Å². The van der Waals surface area contributed by atoms with E-state index >= 15 is 0 Å². The second-order valence-corrected chi connectivity index (χ2v) is 6.17. The Hall–Kier alpha value is -0.750. The zero-order valence-corrected chi connectivity index (χ0v) is 12.2. The van der Waals surface area contributed by atoms with Crippen LogP contribution in [0.3, 0.4) is 0 Å². The fraction of sp³-hybridized carbons (Fsp3) is 0.846. The van der Waals surface area contributed by atoms with Gasteiger partial charge in [0.1, 0.15) is 6.04 Å². The molecule has 1 N–H and O–H groups in total. The quantitative estimate of drug-likeness (QED) is 0.771. The Morgan fingerprint density at radius 3 is 2.95 bits per heavy atom. The lowest BCUT2D eigenvalue weighted by Gasteiger charge is -2.37. The van der Waals surface area contributed by atoms with E-state index in [1.807, 2.05) is 0 Å². The highest BCUT2D eigenvalue weighted by atomic mass is 32.2. The van der Waals surface area contributed by atoms with Gasteiger partial charge in [0.15, 0.2) is 0 Å². The first-order valence-electron chi connectivity index (χ1n) is 7.03. The van der Waals surface area contributed by atoms with Crippen molar-refractivity contribution in [2.75, 3.05) is 32.0 Å². The Kier molecular flexibility index (Phi) is 5.51. The Balaban J connectivity index is 2.01. The van der Waals surface area contributed by atoms with E-state index in [2.05, 4.69) is 5.32 Å². The van der Waals surface area contributed by atoms with Gasteiger partial charge < -0.3 is 15.0 Å². The lowest BCUT2D eigenvalue weighted by Crippen LogP contribution is -2.59. The summed E-state index contributed by atoms with van der Waals surface area (Å²) in [5.74, 6) is 0.875. The van der Waals surface area contributed by atoms with Crippen LogP contribution < -0.4 is 5.32 Å². The molecule has 2 unspecified atom stereocenters. The molecule has 2 atom stereocenters. The summed E-state index contributed by atoms with van der Waals surface area (Å²) >= 11 is 1.73. The van der Waals surface area contributed by atoms with Crippen LogP contribution in [-0.2, 0) is 14.3 Å². The maximum Gasteiger partial charge on any atom is 0.330 e. The molecule has 2 heterocycles. The van der Waals surface area contributed by atoms with Gasteiger partial charge in [0.25, 0.3) is 0 Å². The zero-order chi connectivity index (χ0) is 13.7. The van der Waals surface area contributed by atoms with E-state index in [0.717, 1.165) is 25.1 Å². The first-order valence-corrected chi connectivity index (χ1v) is 8.08. The highest BCUT2D eigenvalue weighted by Crippen LogP contribution is 2.27. The van der Waals surface area contributed by atoms with E-state index in [0.29, 0.717) is 19.7 Å². The maximum absolute atomic E-state index is 12.5. The standard InChI is InChI=1S/C13H22N2O3S/c1-2-18-13(17)10-9-14-6-7-15(10)12(16)11-5-3-4-8-19-11/h10-11,14H,2-9H2,1H3. The lowest BCUT2D eigenvalue weighted by atomic mass is 10.1. The molecule has 2 fully saturated rings. The molecule has 0 bridgehead atoms. The maximum atomic E-state index is 12.5. The van der Waals surface area contributed by atoms with Crippen molar-refractivity contribution in [3.8, 4) is 0 Å². The SMILES string of the molecule is CCOC(=O)C1CNCCN1C(=O)C1CCCCS1. The van der Waals surface area contributed by atoms with Crippen LogP contribution >= 0.6 is 11.8 Å². The highest BCUT2D eigenvalue weighted by Gasteiger charge is 2.36. The molecule has 5 nitrogen and oxygen atoms in total. The molecule has 0 aromatic rings. The van der Waals surface area contributed by atoms with Gasteiger partial charge in [-0.1, -0.05) is 6.42 Å².